The molecule has 0 saturated carbocycles. The molecule has 2 aromatic rings. The molecule has 0 aromatic heterocycles. The molecule has 3 rings (SSSR count). The number of hydrogen-bond acceptors (Lipinski definition) is 5. The van der Waals surface area contributed by atoms with Crippen molar-refractivity contribution in [3.05, 3.63) is 70.8 Å². The van der Waals surface area contributed by atoms with Gasteiger partial charge in [0.2, 0.25) is 0 Å². The van der Waals surface area contributed by atoms with Crippen LogP contribution in [0.1, 0.15) is 22.3 Å². The maximum Gasteiger partial charge on any atom is 0.0900 e. The van der Waals surface area contributed by atoms with Crippen LogP contribution in [0.3, 0.4) is 0 Å². The van der Waals surface area contributed by atoms with Crippen molar-refractivity contribution in [2.45, 2.75) is 33.1 Å². The Morgan fingerprint density at radius 1 is 1.10 bits per heavy atom. The average molecular weight is 413 g/mol. The molecule has 2 aromatic carbocycles. The number of morpholine rings is 1. The second kappa shape index (κ2) is 12.2. The lowest BCUT2D eigenvalue weighted by molar-refractivity contribution is 0.00208. The summed E-state index contributed by atoms with van der Waals surface area (Å²) in [6.45, 7) is 12.1. The normalized spacial score (nSPS) is 16.1. The fourth-order valence-corrected chi connectivity index (χ4v) is 3.84. The van der Waals surface area contributed by atoms with Gasteiger partial charge in [0.15, 0.2) is 0 Å². The van der Waals surface area contributed by atoms with Gasteiger partial charge in [-0.15, -0.1) is 0 Å². The maximum absolute atomic E-state index is 10.6. The Labute approximate surface area is 181 Å². The van der Waals surface area contributed by atoms with Gasteiger partial charge in [-0.1, -0.05) is 54.1 Å². The van der Waals surface area contributed by atoms with Crippen LogP contribution < -0.4 is 0 Å². The predicted molar refractivity (Wildman–Crippen MR) is 121 cm³/mol. The van der Waals surface area contributed by atoms with Crippen LogP contribution in [-0.2, 0) is 22.6 Å². The molecular formula is C25H36N2O3. The lowest BCUT2D eigenvalue weighted by Crippen LogP contribution is -2.43. The Morgan fingerprint density at radius 2 is 1.87 bits per heavy atom. The van der Waals surface area contributed by atoms with E-state index >= 15 is 0 Å². The van der Waals surface area contributed by atoms with Crippen molar-refractivity contribution in [2.24, 2.45) is 0 Å². The number of nitrogens with zero attached hydrogens (tertiary/aromatic N) is 2. The van der Waals surface area contributed by atoms with E-state index in [0.29, 0.717) is 19.8 Å². The molecule has 1 aliphatic heterocycles. The van der Waals surface area contributed by atoms with E-state index in [2.05, 4.69) is 41.8 Å². The summed E-state index contributed by atoms with van der Waals surface area (Å²) < 4.78 is 11.2. The molecule has 1 atom stereocenters. The van der Waals surface area contributed by atoms with Gasteiger partial charge in [-0.25, -0.2) is 0 Å². The zero-order valence-electron chi connectivity index (χ0n) is 18.4. The minimum atomic E-state index is -0.510. The van der Waals surface area contributed by atoms with Gasteiger partial charge >= 0.3 is 0 Å². The highest BCUT2D eigenvalue weighted by atomic mass is 16.5. The van der Waals surface area contributed by atoms with Crippen LogP contribution in [0.2, 0.25) is 0 Å². The van der Waals surface area contributed by atoms with E-state index in [-0.39, 0.29) is 0 Å². The zero-order valence-corrected chi connectivity index (χ0v) is 18.4. The van der Waals surface area contributed by atoms with Gasteiger partial charge in [-0.05, 0) is 30.5 Å². The van der Waals surface area contributed by atoms with E-state index in [1.54, 1.807) is 0 Å². The fraction of sp³-hybridized carbons (Fsp3) is 0.520. The SMILES string of the molecule is Cc1ccc(CN(CCN2CCOCC2)C[C@@H](O)COCc2ccccc2)c(C)c1. The number of aliphatic hydroxyl groups is 1. The molecular weight excluding hydrogens is 376 g/mol. The number of aryl methyl sites for hydroxylation is 2. The molecule has 30 heavy (non-hydrogen) atoms. The molecule has 5 nitrogen and oxygen atoms in total. The van der Waals surface area contributed by atoms with Crippen molar-refractivity contribution in [1.29, 1.82) is 0 Å². The van der Waals surface area contributed by atoms with E-state index in [4.69, 9.17) is 9.47 Å². The maximum atomic E-state index is 10.6. The number of benzene rings is 2. The molecule has 0 spiro atoms. The molecule has 1 saturated heterocycles. The third-order valence-corrected chi connectivity index (χ3v) is 5.62. The molecule has 164 valence electrons. The molecule has 0 aliphatic carbocycles. The van der Waals surface area contributed by atoms with Crippen LogP contribution in [-0.4, -0.2) is 73.6 Å². The fourth-order valence-electron chi connectivity index (χ4n) is 3.84. The summed E-state index contributed by atoms with van der Waals surface area (Å²) in [7, 11) is 0. The van der Waals surface area contributed by atoms with Gasteiger partial charge in [0, 0.05) is 39.3 Å². The van der Waals surface area contributed by atoms with E-state index in [1.165, 1.54) is 16.7 Å². The van der Waals surface area contributed by atoms with Crippen LogP contribution in [0.15, 0.2) is 48.5 Å². The van der Waals surface area contributed by atoms with Gasteiger partial charge in [-0.2, -0.15) is 0 Å². The van der Waals surface area contributed by atoms with Crippen LogP contribution in [0, 0.1) is 13.8 Å². The van der Waals surface area contributed by atoms with Gasteiger partial charge < -0.3 is 14.6 Å². The molecule has 0 radical (unpaired) electrons. The van der Waals surface area contributed by atoms with Gasteiger partial charge in [0.25, 0.3) is 0 Å². The largest absolute Gasteiger partial charge is 0.389 e. The topological polar surface area (TPSA) is 45.2 Å². The molecule has 1 aliphatic rings. The van der Waals surface area contributed by atoms with Gasteiger partial charge in [-0.3, -0.25) is 9.80 Å². The Hall–Kier alpha value is -1.76. The van der Waals surface area contributed by atoms with Crippen molar-refractivity contribution in [2.75, 3.05) is 52.5 Å². The molecule has 1 heterocycles. The quantitative estimate of drug-likeness (QED) is 0.615. The second-order valence-electron chi connectivity index (χ2n) is 8.27. The first kappa shape index (κ1) is 22.9. The van der Waals surface area contributed by atoms with E-state index in [9.17, 15) is 5.11 Å². The van der Waals surface area contributed by atoms with Crippen LogP contribution in [0.25, 0.3) is 0 Å². The Balaban J connectivity index is 1.53. The standard InChI is InChI=1S/C25H36N2O3/c1-21-8-9-24(22(2)16-21)17-27(11-10-26-12-14-29-15-13-26)18-25(28)20-30-19-23-6-4-3-5-7-23/h3-9,16,25,28H,10-15,17-20H2,1-2H3/t25-/m1/s1. The predicted octanol–water partition coefficient (Wildman–Crippen LogP) is 3.02. The van der Waals surface area contributed by atoms with Crippen LogP contribution in [0.4, 0.5) is 0 Å². The summed E-state index contributed by atoms with van der Waals surface area (Å²) in [5, 5.41) is 10.6. The zero-order chi connectivity index (χ0) is 21.2. The highest BCUT2D eigenvalue weighted by Gasteiger charge is 2.17. The van der Waals surface area contributed by atoms with Crippen molar-refractivity contribution < 1.29 is 14.6 Å². The second-order valence-corrected chi connectivity index (χ2v) is 8.27. The first-order chi connectivity index (χ1) is 14.6. The average Bonchev–Trinajstić information content (AvgIpc) is 2.75. The summed E-state index contributed by atoms with van der Waals surface area (Å²) in [5.74, 6) is 0. The molecule has 0 unspecified atom stereocenters. The third-order valence-electron chi connectivity index (χ3n) is 5.62. The summed E-state index contributed by atoms with van der Waals surface area (Å²) in [5.41, 5.74) is 5.04. The number of rotatable bonds is 11. The Kier molecular flexibility index (Phi) is 9.30. The minimum Gasteiger partial charge on any atom is -0.389 e. The summed E-state index contributed by atoms with van der Waals surface area (Å²) in [6.07, 6.45) is -0.510. The minimum absolute atomic E-state index is 0.343. The molecule has 5 heteroatoms. The first-order valence-corrected chi connectivity index (χ1v) is 11.0. The van der Waals surface area contributed by atoms with E-state index in [0.717, 1.165) is 51.5 Å². The Morgan fingerprint density at radius 3 is 2.60 bits per heavy atom. The van der Waals surface area contributed by atoms with Crippen LogP contribution >= 0.6 is 0 Å². The smallest absolute Gasteiger partial charge is 0.0900 e. The lowest BCUT2D eigenvalue weighted by Gasteiger charge is -2.31. The summed E-state index contributed by atoms with van der Waals surface area (Å²) in [4.78, 5) is 4.79. The van der Waals surface area contributed by atoms with Crippen molar-refractivity contribution >= 4 is 0 Å². The van der Waals surface area contributed by atoms with Crippen molar-refractivity contribution in [3.8, 4) is 0 Å². The lowest BCUT2D eigenvalue weighted by atomic mass is 10.1. The monoisotopic (exact) mass is 412 g/mol. The van der Waals surface area contributed by atoms with Crippen molar-refractivity contribution in [3.63, 3.8) is 0 Å². The summed E-state index contributed by atoms with van der Waals surface area (Å²) in [6, 6.07) is 16.7. The third kappa shape index (κ3) is 7.82. The number of hydrogen-bond donors (Lipinski definition) is 1. The summed E-state index contributed by atoms with van der Waals surface area (Å²) >= 11 is 0. The molecule has 0 bridgehead atoms. The highest BCUT2D eigenvalue weighted by Crippen LogP contribution is 2.14. The Bertz CT molecular complexity index is 747. The first-order valence-electron chi connectivity index (χ1n) is 11.0. The van der Waals surface area contributed by atoms with Gasteiger partial charge in [0.05, 0.1) is 32.5 Å². The number of aliphatic hydroxyl groups excluding tert-OH is 1. The number of ether oxygens (including phenoxy) is 2. The molecule has 1 N–H and O–H groups in total. The van der Waals surface area contributed by atoms with E-state index in [1.807, 2.05) is 30.3 Å². The molecule has 1 fully saturated rings. The van der Waals surface area contributed by atoms with Crippen LogP contribution in [0.5, 0.6) is 0 Å². The van der Waals surface area contributed by atoms with Gasteiger partial charge in [0.1, 0.15) is 0 Å². The molecule has 0 amide bonds. The van der Waals surface area contributed by atoms with Crippen molar-refractivity contribution in [1.82, 2.24) is 9.80 Å². The van der Waals surface area contributed by atoms with E-state index < -0.39 is 6.10 Å². The highest BCUT2D eigenvalue weighted by molar-refractivity contribution is 5.30.